The van der Waals surface area contributed by atoms with E-state index in [1.807, 2.05) is 12.1 Å². The quantitative estimate of drug-likeness (QED) is 0.511. The van der Waals surface area contributed by atoms with Gasteiger partial charge in [0.1, 0.15) is 6.04 Å². The van der Waals surface area contributed by atoms with Crippen molar-refractivity contribution in [2.45, 2.75) is 6.04 Å². The molecule has 0 saturated carbocycles. The molecule has 0 amide bonds. The molecule has 1 rings (SSSR count). The van der Waals surface area contributed by atoms with Gasteiger partial charge in [-0.25, -0.2) is 0 Å². The van der Waals surface area contributed by atoms with Gasteiger partial charge >= 0.3 is 0 Å². The molecule has 1 aromatic rings. The summed E-state index contributed by atoms with van der Waals surface area (Å²) in [5.41, 5.74) is 1.32. The first-order chi connectivity index (χ1) is 6.05. The van der Waals surface area contributed by atoms with Crippen molar-refractivity contribution in [1.29, 1.82) is 0 Å². The molecule has 0 saturated heterocycles. The van der Waals surface area contributed by atoms with Crippen LogP contribution in [-0.4, -0.2) is 25.6 Å². The van der Waals surface area contributed by atoms with Crippen molar-refractivity contribution in [1.82, 2.24) is 0 Å². The smallest absolute Gasteiger partial charge is 0.133 e. The highest BCUT2D eigenvalue weighted by Crippen LogP contribution is 2.23. The van der Waals surface area contributed by atoms with Gasteiger partial charge in [-0.15, -0.1) is 0 Å². The van der Waals surface area contributed by atoms with Crippen LogP contribution in [0.5, 0.6) is 0 Å². The summed E-state index contributed by atoms with van der Waals surface area (Å²) in [6.45, 7) is 3.89. The molecule has 0 N–H and O–H groups in total. The lowest BCUT2D eigenvalue weighted by molar-refractivity contribution is -0.895. The minimum atomic E-state index is 0. The van der Waals surface area contributed by atoms with Crippen molar-refractivity contribution in [2.75, 3.05) is 21.1 Å². The zero-order valence-electron chi connectivity index (χ0n) is 9.07. The van der Waals surface area contributed by atoms with Crippen molar-refractivity contribution in [2.24, 2.45) is 0 Å². The molecule has 1 aromatic carbocycles. The van der Waals surface area contributed by atoms with Gasteiger partial charge in [0, 0.05) is 5.56 Å². The minimum Gasteiger partial charge on any atom is -1.00 e. The molecule has 0 aliphatic rings. The Morgan fingerprint density at radius 1 is 1.14 bits per heavy atom. The molecule has 0 radical (unpaired) electrons. The summed E-state index contributed by atoms with van der Waals surface area (Å²) in [5, 5.41) is 0. The molecule has 14 heavy (non-hydrogen) atoms. The Hall–Kier alpha value is -0.600. The van der Waals surface area contributed by atoms with Crippen LogP contribution in [-0.2, 0) is 0 Å². The van der Waals surface area contributed by atoms with Crippen LogP contribution in [0.15, 0.2) is 43.0 Å². The summed E-state index contributed by atoms with van der Waals surface area (Å²) >= 11 is 0. The first-order valence-corrected chi connectivity index (χ1v) is 4.54. The molecule has 1 unspecified atom stereocenters. The van der Waals surface area contributed by atoms with E-state index in [-0.39, 0.29) is 17.0 Å². The number of quaternary nitrogens is 1. The third-order valence-corrected chi connectivity index (χ3v) is 2.20. The van der Waals surface area contributed by atoms with E-state index in [9.17, 15) is 0 Å². The summed E-state index contributed by atoms with van der Waals surface area (Å²) in [6, 6.07) is 10.9. The summed E-state index contributed by atoms with van der Waals surface area (Å²) in [4.78, 5) is 0. The average Bonchev–Trinajstić information content (AvgIpc) is 2.05. The van der Waals surface area contributed by atoms with Crippen molar-refractivity contribution >= 4 is 0 Å². The third-order valence-electron chi connectivity index (χ3n) is 2.20. The predicted molar refractivity (Wildman–Crippen MR) is 57.4 cm³/mol. The average molecular weight is 256 g/mol. The maximum Gasteiger partial charge on any atom is 0.133 e. The Balaban J connectivity index is 0.00000169. The number of halogens is 1. The fraction of sp³-hybridized carbons (Fsp3) is 0.333. The zero-order valence-corrected chi connectivity index (χ0v) is 10.7. The Labute approximate surface area is 97.4 Å². The molecular weight excluding hydrogens is 238 g/mol. The standard InChI is InChI=1S/C12H18N.BrH/c1-5-12(13(2,3)4)11-9-7-6-8-10-11;/h5-10,12H,1H2,2-4H3;1H/q+1;/p-1. The van der Waals surface area contributed by atoms with Crippen LogP contribution < -0.4 is 17.0 Å². The minimum absolute atomic E-state index is 0. The second-order valence-electron chi connectivity index (χ2n) is 4.21. The van der Waals surface area contributed by atoms with Gasteiger partial charge in [0.15, 0.2) is 0 Å². The number of hydrogen-bond donors (Lipinski definition) is 0. The van der Waals surface area contributed by atoms with E-state index < -0.39 is 0 Å². The summed E-state index contributed by atoms with van der Waals surface area (Å²) in [7, 11) is 6.54. The monoisotopic (exact) mass is 255 g/mol. The third kappa shape index (κ3) is 3.28. The van der Waals surface area contributed by atoms with Gasteiger partial charge < -0.3 is 21.5 Å². The summed E-state index contributed by atoms with van der Waals surface area (Å²) in [5.74, 6) is 0. The largest absolute Gasteiger partial charge is 1.00 e. The second-order valence-corrected chi connectivity index (χ2v) is 4.21. The van der Waals surface area contributed by atoms with Crippen molar-refractivity contribution < 1.29 is 21.5 Å². The van der Waals surface area contributed by atoms with Gasteiger partial charge in [-0.1, -0.05) is 36.9 Å². The second kappa shape index (κ2) is 5.32. The number of benzene rings is 1. The first kappa shape index (κ1) is 13.4. The number of rotatable bonds is 3. The molecule has 1 atom stereocenters. The summed E-state index contributed by atoms with van der Waals surface area (Å²) in [6.07, 6.45) is 2.01. The fourth-order valence-corrected chi connectivity index (χ4v) is 1.55. The Morgan fingerprint density at radius 3 is 2.00 bits per heavy atom. The molecule has 0 aromatic heterocycles. The first-order valence-electron chi connectivity index (χ1n) is 4.54. The molecule has 1 nitrogen and oxygen atoms in total. The molecule has 0 aliphatic heterocycles. The lowest BCUT2D eigenvalue weighted by atomic mass is 10.1. The van der Waals surface area contributed by atoms with Crippen LogP contribution in [0.1, 0.15) is 11.6 Å². The lowest BCUT2D eigenvalue weighted by Gasteiger charge is -2.32. The van der Waals surface area contributed by atoms with E-state index in [1.165, 1.54) is 5.56 Å². The summed E-state index contributed by atoms with van der Waals surface area (Å²) < 4.78 is 0.882. The normalized spacial score (nSPS) is 12.8. The Morgan fingerprint density at radius 2 is 1.64 bits per heavy atom. The highest BCUT2D eigenvalue weighted by atomic mass is 79.9. The highest BCUT2D eigenvalue weighted by Gasteiger charge is 2.21. The lowest BCUT2D eigenvalue weighted by Crippen LogP contribution is -3.00. The molecule has 2 heteroatoms. The van der Waals surface area contributed by atoms with Crippen molar-refractivity contribution in [3.63, 3.8) is 0 Å². The SMILES string of the molecule is C=CC(c1ccccc1)[N+](C)(C)C.[Br-]. The molecule has 0 fully saturated rings. The van der Waals surface area contributed by atoms with Gasteiger partial charge in [0.25, 0.3) is 0 Å². The van der Waals surface area contributed by atoms with Crippen LogP contribution in [0, 0.1) is 0 Å². The molecule has 78 valence electrons. The van der Waals surface area contributed by atoms with Crippen LogP contribution in [0.3, 0.4) is 0 Å². The van der Waals surface area contributed by atoms with E-state index in [0.717, 1.165) is 4.48 Å². The van der Waals surface area contributed by atoms with Gasteiger partial charge in [0.2, 0.25) is 0 Å². The van der Waals surface area contributed by atoms with Crippen molar-refractivity contribution in [3.05, 3.63) is 48.6 Å². The van der Waals surface area contributed by atoms with Gasteiger partial charge in [-0.2, -0.15) is 0 Å². The molecular formula is C12H18BrN. The van der Waals surface area contributed by atoms with E-state index >= 15 is 0 Å². The maximum absolute atomic E-state index is 3.89. The van der Waals surface area contributed by atoms with E-state index in [1.54, 1.807) is 0 Å². The van der Waals surface area contributed by atoms with Gasteiger partial charge in [-0.05, 0) is 6.08 Å². The fourth-order valence-electron chi connectivity index (χ4n) is 1.55. The van der Waals surface area contributed by atoms with E-state index in [0.29, 0.717) is 6.04 Å². The van der Waals surface area contributed by atoms with Gasteiger partial charge in [0.05, 0.1) is 21.1 Å². The van der Waals surface area contributed by atoms with Crippen molar-refractivity contribution in [3.8, 4) is 0 Å². The topological polar surface area (TPSA) is 0 Å². The molecule has 0 bridgehead atoms. The van der Waals surface area contributed by atoms with Crippen LogP contribution in [0.4, 0.5) is 0 Å². The van der Waals surface area contributed by atoms with Crippen LogP contribution >= 0.6 is 0 Å². The zero-order chi connectivity index (χ0) is 9.90. The number of hydrogen-bond acceptors (Lipinski definition) is 0. The predicted octanol–water partition coefficient (Wildman–Crippen LogP) is -0.376. The highest BCUT2D eigenvalue weighted by molar-refractivity contribution is 5.20. The molecule has 0 spiro atoms. The van der Waals surface area contributed by atoms with Crippen LogP contribution in [0.25, 0.3) is 0 Å². The Kier molecular flexibility index (Phi) is 5.09. The van der Waals surface area contributed by atoms with E-state index in [4.69, 9.17) is 0 Å². The molecule has 0 heterocycles. The van der Waals surface area contributed by atoms with Crippen LogP contribution in [0.2, 0.25) is 0 Å². The molecule has 0 aliphatic carbocycles. The number of nitrogens with zero attached hydrogens (tertiary/aromatic N) is 1. The van der Waals surface area contributed by atoms with Gasteiger partial charge in [-0.3, -0.25) is 0 Å². The maximum atomic E-state index is 3.89. The Bertz CT molecular complexity index is 274. The number of likely N-dealkylation sites (N-methyl/N-ethyl adjacent to an activating group) is 1. The van der Waals surface area contributed by atoms with E-state index in [2.05, 4.69) is 52.0 Å².